The molecule has 0 saturated heterocycles. The predicted octanol–water partition coefficient (Wildman–Crippen LogP) is 4.02. The minimum atomic E-state index is -0.356. The SMILES string of the molecule is Cn1c(SCc2ccc(Cl)cc2F)nc2ccccc2c1=O. The number of rotatable bonds is 3. The maximum atomic E-state index is 13.8. The van der Waals surface area contributed by atoms with Crippen molar-refractivity contribution in [1.82, 2.24) is 9.55 Å². The van der Waals surface area contributed by atoms with Gasteiger partial charge in [0.15, 0.2) is 5.16 Å². The lowest BCUT2D eigenvalue weighted by atomic mass is 10.2. The molecule has 0 saturated carbocycles. The lowest BCUT2D eigenvalue weighted by Gasteiger charge is -2.09. The molecule has 0 fully saturated rings. The second-order valence-corrected chi connectivity index (χ2v) is 6.18. The van der Waals surface area contributed by atoms with E-state index in [1.54, 1.807) is 37.4 Å². The summed E-state index contributed by atoms with van der Waals surface area (Å²) in [5.74, 6) is 0.0209. The molecule has 0 aliphatic rings. The lowest BCUT2D eigenvalue weighted by Crippen LogP contribution is -2.19. The Balaban J connectivity index is 1.94. The van der Waals surface area contributed by atoms with Gasteiger partial charge in [-0.2, -0.15) is 0 Å². The molecule has 0 radical (unpaired) electrons. The summed E-state index contributed by atoms with van der Waals surface area (Å²) >= 11 is 7.06. The maximum absolute atomic E-state index is 13.8. The first-order valence-electron chi connectivity index (χ1n) is 6.59. The number of hydrogen-bond acceptors (Lipinski definition) is 3. The molecule has 0 bridgehead atoms. The third-order valence-electron chi connectivity index (χ3n) is 3.31. The van der Waals surface area contributed by atoms with Gasteiger partial charge in [-0.1, -0.05) is 41.6 Å². The monoisotopic (exact) mass is 334 g/mol. The van der Waals surface area contributed by atoms with Crippen molar-refractivity contribution in [3.63, 3.8) is 0 Å². The molecule has 0 unspecified atom stereocenters. The zero-order valence-corrected chi connectivity index (χ0v) is 13.3. The van der Waals surface area contributed by atoms with Crippen molar-refractivity contribution in [2.75, 3.05) is 0 Å². The standard InChI is InChI=1S/C16H12ClFN2OS/c1-20-15(21)12-4-2-3-5-14(12)19-16(20)22-9-10-6-7-11(17)8-13(10)18/h2-8H,9H2,1H3. The molecule has 22 heavy (non-hydrogen) atoms. The molecule has 0 amide bonds. The van der Waals surface area contributed by atoms with E-state index in [4.69, 9.17) is 11.6 Å². The first-order chi connectivity index (χ1) is 10.6. The summed E-state index contributed by atoms with van der Waals surface area (Å²) in [6.45, 7) is 0. The normalized spacial score (nSPS) is 11.0. The van der Waals surface area contributed by atoms with Crippen LogP contribution in [0, 0.1) is 5.82 Å². The van der Waals surface area contributed by atoms with Crippen molar-refractivity contribution >= 4 is 34.3 Å². The summed E-state index contributed by atoms with van der Waals surface area (Å²) in [5.41, 5.74) is 1.06. The van der Waals surface area contributed by atoms with Gasteiger partial charge in [-0.3, -0.25) is 9.36 Å². The van der Waals surface area contributed by atoms with E-state index in [2.05, 4.69) is 4.98 Å². The van der Waals surface area contributed by atoms with E-state index >= 15 is 0 Å². The molecule has 3 aromatic rings. The molecule has 0 spiro atoms. The van der Waals surface area contributed by atoms with Crippen LogP contribution >= 0.6 is 23.4 Å². The van der Waals surface area contributed by atoms with E-state index < -0.39 is 0 Å². The van der Waals surface area contributed by atoms with Crippen LogP contribution in [0.15, 0.2) is 52.4 Å². The van der Waals surface area contributed by atoms with Crippen LogP contribution in [0.4, 0.5) is 4.39 Å². The third-order valence-corrected chi connectivity index (χ3v) is 4.63. The van der Waals surface area contributed by atoms with E-state index in [0.29, 0.717) is 32.4 Å². The quantitative estimate of drug-likeness (QED) is 0.536. The van der Waals surface area contributed by atoms with E-state index in [0.717, 1.165) is 0 Å². The number of para-hydroxylation sites is 1. The van der Waals surface area contributed by atoms with Crippen LogP contribution in [-0.2, 0) is 12.8 Å². The Labute approximate surface area is 135 Å². The maximum Gasteiger partial charge on any atom is 0.261 e. The summed E-state index contributed by atoms with van der Waals surface area (Å²) in [5, 5.41) is 1.49. The summed E-state index contributed by atoms with van der Waals surface area (Å²) in [6.07, 6.45) is 0. The zero-order chi connectivity index (χ0) is 15.7. The molecule has 0 aliphatic carbocycles. The van der Waals surface area contributed by atoms with Crippen molar-refractivity contribution < 1.29 is 4.39 Å². The van der Waals surface area contributed by atoms with E-state index in [1.807, 2.05) is 6.07 Å². The third kappa shape index (κ3) is 2.87. The summed E-state index contributed by atoms with van der Waals surface area (Å²) in [6, 6.07) is 11.8. The van der Waals surface area contributed by atoms with Gasteiger partial charge in [0, 0.05) is 17.8 Å². The molecule has 1 heterocycles. The number of fused-ring (bicyclic) bond motifs is 1. The Kier molecular flexibility index (Phi) is 4.18. The van der Waals surface area contributed by atoms with Gasteiger partial charge in [-0.05, 0) is 29.8 Å². The number of hydrogen-bond donors (Lipinski definition) is 0. The van der Waals surface area contributed by atoms with Crippen LogP contribution in [0.3, 0.4) is 0 Å². The first kappa shape index (κ1) is 15.1. The van der Waals surface area contributed by atoms with Crippen molar-refractivity contribution in [1.29, 1.82) is 0 Å². The minimum absolute atomic E-state index is 0.107. The van der Waals surface area contributed by atoms with Crippen LogP contribution in [-0.4, -0.2) is 9.55 Å². The van der Waals surface area contributed by atoms with E-state index in [9.17, 15) is 9.18 Å². The molecule has 1 aromatic heterocycles. The van der Waals surface area contributed by atoms with Crippen LogP contribution in [0.1, 0.15) is 5.56 Å². The molecule has 0 atom stereocenters. The van der Waals surface area contributed by atoms with Crippen LogP contribution in [0.2, 0.25) is 5.02 Å². The van der Waals surface area contributed by atoms with Crippen LogP contribution < -0.4 is 5.56 Å². The highest BCUT2D eigenvalue weighted by Crippen LogP contribution is 2.24. The van der Waals surface area contributed by atoms with Crippen LogP contribution in [0.5, 0.6) is 0 Å². The van der Waals surface area contributed by atoms with Gasteiger partial charge in [-0.15, -0.1) is 0 Å². The average Bonchev–Trinajstić information content (AvgIpc) is 2.51. The molecule has 3 nitrogen and oxygen atoms in total. The van der Waals surface area contributed by atoms with Gasteiger partial charge in [0.1, 0.15) is 5.82 Å². The van der Waals surface area contributed by atoms with Gasteiger partial charge in [0.2, 0.25) is 0 Å². The highest BCUT2D eigenvalue weighted by Gasteiger charge is 2.10. The smallest absolute Gasteiger partial charge is 0.261 e. The highest BCUT2D eigenvalue weighted by atomic mass is 35.5. The molecule has 112 valence electrons. The number of aromatic nitrogens is 2. The molecule has 3 rings (SSSR count). The number of benzene rings is 2. The highest BCUT2D eigenvalue weighted by molar-refractivity contribution is 7.98. The second kappa shape index (κ2) is 6.10. The summed E-state index contributed by atoms with van der Waals surface area (Å²) in [7, 11) is 1.67. The molecule has 0 aliphatic heterocycles. The second-order valence-electron chi connectivity index (χ2n) is 4.80. The average molecular weight is 335 g/mol. The first-order valence-corrected chi connectivity index (χ1v) is 7.95. The van der Waals surface area contributed by atoms with Gasteiger partial charge in [0.25, 0.3) is 5.56 Å². The fourth-order valence-electron chi connectivity index (χ4n) is 2.11. The Hall–Kier alpha value is -1.85. The molecular weight excluding hydrogens is 323 g/mol. The summed E-state index contributed by atoms with van der Waals surface area (Å²) < 4.78 is 15.3. The lowest BCUT2D eigenvalue weighted by molar-refractivity contribution is 0.617. The number of nitrogens with zero attached hydrogens (tertiary/aromatic N) is 2. The Bertz CT molecular complexity index is 910. The topological polar surface area (TPSA) is 34.9 Å². The predicted molar refractivity (Wildman–Crippen MR) is 88.0 cm³/mol. The molecule has 2 aromatic carbocycles. The largest absolute Gasteiger partial charge is 0.290 e. The molecule has 6 heteroatoms. The minimum Gasteiger partial charge on any atom is -0.290 e. The van der Waals surface area contributed by atoms with Gasteiger partial charge >= 0.3 is 0 Å². The van der Waals surface area contributed by atoms with Gasteiger partial charge in [-0.25, -0.2) is 9.37 Å². The van der Waals surface area contributed by atoms with Gasteiger partial charge < -0.3 is 0 Å². The number of thioether (sulfide) groups is 1. The Morgan fingerprint density at radius 1 is 1.27 bits per heavy atom. The van der Waals surface area contributed by atoms with Crippen molar-refractivity contribution in [2.45, 2.75) is 10.9 Å². The van der Waals surface area contributed by atoms with Crippen molar-refractivity contribution in [3.05, 3.63) is 69.2 Å². The zero-order valence-electron chi connectivity index (χ0n) is 11.7. The fourth-order valence-corrected chi connectivity index (χ4v) is 3.22. The Morgan fingerprint density at radius 3 is 2.82 bits per heavy atom. The van der Waals surface area contributed by atoms with Crippen molar-refractivity contribution in [2.24, 2.45) is 7.05 Å². The van der Waals surface area contributed by atoms with Crippen molar-refractivity contribution in [3.8, 4) is 0 Å². The van der Waals surface area contributed by atoms with E-state index in [-0.39, 0.29) is 11.4 Å². The fraction of sp³-hybridized carbons (Fsp3) is 0.125. The summed E-state index contributed by atoms with van der Waals surface area (Å²) in [4.78, 5) is 16.8. The molecule has 0 N–H and O–H groups in total. The van der Waals surface area contributed by atoms with E-state index in [1.165, 1.54) is 22.4 Å². The van der Waals surface area contributed by atoms with Gasteiger partial charge in [0.05, 0.1) is 10.9 Å². The Morgan fingerprint density at radius 2 is 2.05 bits per heavy atom. The number of halogens is 2. The molecular formula is C16H12ClFN2OS. The van der Waals surface area contributed by atoms with Crippen LogP contribution in [0.25, 0.3) is 10.9 Å².